The first-order valence-electron chi connectivity index (χ1n) is 7.60. The van der Waals surface area contributed by atoms with Gasteiger partial charge >= 0.3 is 6.03 Å². The molecule has 1 aromatic carbocycles. The minimum absolute atomic E-state index is 0.0132. The van der Waals surface area contributed by atoms with Gasteiger partial charge < -0.3 is 16.0 Å². The number of hydrogen-bond donors (Lipinski definition) is 3. The molecule has 3 rings (SSSR count). The normalized spacial score (nSPS) is 22.3. The lowest BCUT2D eigenvalue weighted by atomic mass is 10.2. The first-order valence-corrected chi connectivity index (χ1v) is 9.42. The first kappa shape index (κ1) is 15.8. The van der Waals surface area contributed by atoms with Gasteiger partial charge in [-0.2, -0.15) is 0 Å². The quantitative estimate of drug-likeness (QED) is 0.759. The molecule has 1 heterocycles. The first-order chi connectivity index (χ1) is 10.9. The predicted molar refractivity (Wildman–Crippen MR) is 86.1 cm³/mol. The third-order valence-corrected chi connectivity index (χ3v) is 5.65. The molecule has 1 unspecified atom stereocenters. The van der Waals surface area contributed by atoms with Gasteiger partial charge in [0, 0.05) is 23.3 Å². The number of nitrogens with one attached hydrogen (secondary N) is 3. The molecule has 1 atom stereocenters. The highest BCUT2D eigenvalue weighted by Gasteiger charge is 2.29. The van der Waals surface area contributed by atoms with Gasteiger partial charge in [-0.05, 0) is 43.5 Å². The molecular weight excluding hydrogens is 318 g/mol. The van der Waals surface area contributed by atoms with Crippen molar-refractivity contribution in [3.63, 3.8) is 0 Å². The second-order valence-electron chi connectivity index (χ2n) is 6.02. The maximum absolute atomic E-state index is 11.9. The van der Waals surface area contributed by atoms with Crippen LogP contribution in [-0.4, -0.2) is 43.9 Å². The molecule has 23 heavy (non-hydrogen) atoms. The second kappa shape index (κ2) is 6.19. The van der Waals surface area contributed by atoms with Gasteiger partial charge in [-0.25, -0.2) is 13.2 Å². The van der Waals surface area contributed by atoms with E-state index < -0.39 is 15.9 Å². The molecule has 7 nitrogen and oxygen atoms in total. The van der Waals surface area contributed by atoms with Gasteiger partial charge in [-0.15, -0.1) is 0 Å². The Labute approximate surface area is 134 Å². The summed E-state index contributed by atoms with van der Waals surface area (Å²) >= 11 is 0. The molecule has 2 aliphatic rings. The third kappa shape index (κ3) is 4.44. The van der Waals surface area contributed by atoms with Crippen LogP contribution in [0.2, 0.25) is 0 Å². The summed E-state index contributed by atoms with van der Waals surface area (Å²) in [6.07, 6.45) is 2.50. The van der Waals surface area contributed by atoms with Crippen molar-refractivity contribution in [3.05, 3.63) is 29.8 Å². The molecule has 1 aromatic rings. The molecule has 1 aliphatic carbocycles. The summed E-state index contributed by atoms with van der Waals surface area (Å²) in [5.41, 5.74) is 1.09. The van der Waals surface area contributed by atoms with Crippen molar-refractivity contribution >= 4 is 27.5 Å². The van der Waals surface area contributed by atoms with Crippen LogP contribution in [-0.2, 0) is 9.84 Å². The van der Waals surface area contributed by atoms with Crippen molar-refractivity contribution < 1.29 is 18.0 Å². The number of benzene rings is 1. The Hall–Kier alpha value is -2.09. The molecule has 2 fully saturated rings. The number of sulfone groups is 1. The van der Waals surface area contributed by atoms with Crippen LogP contribution in [0.4, 0.5) is 10.5 Å². The van der Waals surface area contributed by atoms with Crippen molar-refractivity contribution in [1.29, 1.82) is 0 Å². The summed E-state index contributed by atoms with van der Waals surface area (Å²) in [6, 6.07) is 6.10. The van der Waals surface area contributed by atoms with Crippen LogP contribution in [0.3, 0.4) is 0 Å². The molecular formula is C15H19N3O4S. The summed E-state index contributed by atoms with van der Waals surface area (Å²) < 4.78 is 22.7. The minimum atomic E-state index is -3.02. The van der Waals surface area contributed by atoms with E-state index in [1.165, 1.54) is 0 Å². The van der Waals surface area contributed by atoms with Crippen molar-refractivity contribution in [2.24, 2.45) is 0 Å². The third-order valence-electron chi connectivity index (χ3n) is 3.89. The van der Waals surface area contributed by atoms with Gasteiger partial charge in [0.05, 0.1) is 11.5 Å². The Bertz CT molecular complexity index is 711. The van der Waals surface area contributed by atoms with Gasteiger partial charge in [-0.3, -0.25) is 4.79 Å². The molecule has 1 saturated heterocycles. The largest absolute Gasteiger partial charge is 0.349 e. The van der Waals surface area contributed by atoms with E-state index in [9.17, 15) is 18.0 Å². The average molecular weight is 337 g/mol. The van der Waals surface area contributed by atoms with Crippen LogP contribution in [0, 0.1) is 0 Å². The van der Waals surface area contributed by atoms with E-state index in [2.05, 4.69) is 16.0 Å². The zero-order valence-corrected chi connectivity index (χ0v) is 13.4. The molecule has 1 saturated carbocycles. The van der Waals surface area contributed by atoms with E-state index in [0.29, 0.717) is 23.7 Å². The average Bonchev–Trinajstić information content (AvgIpc) is 3.23. The molecule has 0 radical (unpaired) electrons. The van der Waals surface area contributed by atoms with Gasteiger partial charge in [0.25, 0.3) is 5.91 Å². The number of rotatable bonds is 4. The topological polar surface area (TPSA) is 104 Å². The zero-order chi connectivity index (χ0) is 16.4. The molecule has 3 N–H and O–H groups in total. The van der Waals surface area contributed by atoms with Gasteiger partial charge in [-0.1, -0.05) is 0 Å². The molecule has 124 valence electrons. The van der Waals surface area contributed by atoms with Crippen molar-refractivity contribution in [3.8, 4) is 0 Å². The Kier molecular flexibility index (Phi) is 4.25. The van der Waals surface area contributed by atoms with Crippen LogP contribution in [0.25, 0.3) is 0 Å². The van der Waals surface area contributed by atoms with Crippen LogP contribution in [0.15, 0.2) is 24.3 Å². The van der Waals surface area contributed by atoms with E-state index in [1.54, 1.807) is 24.3 Å². The monoisotopic (exact) mass is 337 g/mol. The Morgan fingerprint density at radius 3 is 2.22 bits per heavy atom. The molecule has 0 aromatic heterocycles. The smallest absolute Gasteiger partial charge is 0.319 e. The SMILES string of the molecule is O=C(Nc1ccc(C(=O)NC2CC2)cc1)NC1CCS(=O)(=O)C1. The van der Waals surface area contributed by atoms with E-state index in [4.69, 9.17) is 0 Å². The summed E-state index contributed by atoms with van der Waals surface area (Å²) in [5.74, 6) is -0.0108. The lowest BCUT2D eigenvalue weighted by Crippen LogP contribution is -2.38. The van der Waals surface area contributed by atoms with Gasteiger partial charge in [0.1, 0.15) is 0 Å². The van der Waals surface area contributed by atoms with Crippen molar-refractivity contribution in [2.45, 2.75) is 31.3 Å². The Morgan fingerprint density at radius 1 is 0.957 bits per heavy atom. The van der Waals surface area contributed by atoms with Crippen LogP contribution < -0.4 is 16.0 Å². The summed E-state index contributed by atoms with van der Waals surface area (Å²) in [4.78, 5) is 23.7. The molecule has 0 bridgehead atoms. The van der Waals surface area contributed by atoms with Crippen LogP contribution in [0.5, 0.6) is 0 Å². The maximum atomic E-state index is 11.9. The molecule has 1 aliphatic heterocycles. The van der Waals surface area contributed by atoms with Crippen molar-refractivity contribution in [2.75, 3.05) is 16.8 Å². The van der Waals surface area contributed by atoms with E-state index in [1.807, 2.05) is 0 Å². The summed E-state index contributed by atoms with van der Waals surface area (Å²) in [6.45, 7) is 0. The second-order valence-corrected chi connectivity index (χ2v) is 8.25. The fourth-order valence-corrected chi connectivity index (χ4v) is 4.14. The lowest BCUT2D eigenvalue weighted by molar-refractivity contribution is 0.0951. The molecule has 8 heteroatoms. The van der Waals surface area contributed by atoms with E-state index in [0.717, 1.165) is 12.8 Å². The fourth-order valence-electron chi connectivity index (χ4n) is 2.46. The zero-order valence-electron chi connectivity index (χ0n) is 12.5. The highest BCUT2D eigenvalue weighted by molar-refractivity contribution is 7.91. The standard InChI is InChI=1S/C15H19N3O4S/c19-14(16-11-5-6-11)10-1-3-12(4-2-10)17-15(20)18-13-7-8-23(21,22)9-13/h1-4,11,13H,5-9H2,(H,16,19)(H2,17,18,20). The number of urea groups is 1. The van der Waals surface area contributed by atoms with Gasteiger partial charge in [0.2, 0.25) is 0 Å². The van der Waals surface area contributed by atoms with Gasteiger partial charge in [0.15, 0.2) is 9.84 Å². The van der Waals surface area contributed by atoms with Crippen LogP contribution >= 0.6 is 0 Å². The number of carbonyl (C=O) groups excluding carboxylic acids is 2. The predicted octanol–water partition coefficient (Wildman–Crippen LogP) is 0.887. The lowest BCUT2D eigenvalue weighted by Gasteiger charge is -2.12. The number of carbonyl (C=O) groups is 2. The number of amides is 3. The summed E-state index contributed by atoms with van der Waals surface area (Å²) in [7, 11) is -3.02. The Balaban J connectivity index is 1.51. The maximum Gasteiger partial charge on any atom is 0.319 e. The Morgan fingerprint density at radius 2 is 1.65 bits per heavy atom. The molecule has 3 amide bonds. The van der Waals surface area contributed by atoms with Crippen molar-refractivity contribution in [1.82, 2.24) is 10.6 Å². The number of anilines is 1. The summed E-state index contributed by atoms with van der Waals surface area (Å²) in [5, 5.41) is 8.18. The van der Waals surface area contributed by atoms with E-state index >= 15 is 0 Å². The fraction of sp³-hybridized carbons (Fsp3) is 0.467. The minimum Gasteiger partial charge on any atom is -0.349 e. The highest BCUT2D eigenvalue weighted by atomic mass is 32.2. The number of hydrogen-bond acceptors (Lipinski definition) is 4. The molecule has 0 spiro atoms. The van der Waals surface area contributed by atoms with Crippen LogP contribution in [0.1, 0.15) is 29.6 Å². The highest BCUT2D eigenvalue weighted by Crippen LogP contribution is 2.19. The van der Waals surface area contributed by atoms with E-state index in [-0.39, 0.29) is 23.5 Å².